The molecule has 0 radical (unpaired) electrons. The molecule has 26 heavy (non-hydrogen) atoms. The van der Waals surface area contributed by atoms with E-state index in [1.54, 1.807) is 12.1 Å². The Morgan fingerprint density at radius 1 is 1.00 bits per heavy atom. The number of piperidine rings is 1. The zero-order valence-electron chi connectivity index (χ0n) is 14.8. The van der Waals surface area contributed by atoms with Crippen LogP contribution in [0.1, 0.15) is 18.4 Å². The molecule has 2 aromatic rings. The average molecular weight is 353 g/mol. The van der Waals surface area contributed by atoms with Crippen molar-refractivity contribution in [2.24, 2.45) is 5.92 Å². The summed E-state index contributed by atoms with van der Waals surface area (Å²) in [5.41, 5.74) is 1.95. The summed E-state index contributed by atoms with van der Waals surface area (Å²) in [7, 11) is 0. The molecule has 0 spiro atoms. The minimum absolute atomic E-state index is 0.0760. The van der Waals surface area contributed by atoms with E-state index in [0.29, 0.717) is 11.6 Å². The molecule has 0 saturated carbocycles. The molecular formula is C21H24FN3O. The number of fused-ring (bicyclic) bond motifs is 4. The normalized spacial score (nSPS) is 22.9. The molecular weight excluding hydrogens is 329 g/mol. The minimum atomic E-state index is -0.298. The highest BCUT2D eigenvalue weighted by Crippen LogP contribution is 2.29. The van der Waals surface area contributed by atoms with Crippen LogP contribution in [0.5, 0.6) is 0 Å². The Hall–Kier alpha value is -2.40. The van der Waals surface area contributed by atoms with Gasteiger partial charge in [0.25, 0.3) is 0 Å². The second-order valence-corrected chi connectivity index (χ2v) is 7.37. The van der Waals surface area contributed by atoms with Crippen molar-refractivity contribution in [1.82, 2.24) is 9.80 Å². The Balaban J connectivity index is 1.42. The highest BCUT2D eigenvalue weighted by atomic mass is 19.1. The first-order valence-corrected chi connectivity index (χ1v) is 9.27. The van der Waals surface area contributed by atoms with Crippen molar-refractivity contribution in [2.75, 3.05) is 25.0 Å². The van der Waals surface area contributed by atoms with Crippen LogP contribution in [0.4, 0.5) is 14.9 Å². The van der Waals surface area contributed by atoms with Crippen LogP contribution in [-0.4, -0.2) is 41.5 Å². The SMILES string of the molecule is O=C(Nc1ccc(F)cc1)N1C[C@@H]2CC[C@H]1CN(Cc1ccccc1)C2. The van der Waals surface area contributed by atoms with Crippen LogP contribution in [0.2, 0.25) is 0 Å². The maximum Gasteiger partial charge on any atom is 0.322 e. The largest absolute Gasteiger partial charge is 0.322 e. The van der Waals surface area contributed by atoms with E-state index in [4.69, 9.17) is 0 Å². The van der Waals surface area contributed by atoms with Crippen molar-refractivity contribution in [2.45, 2.75) is 25.4 Å². The smallest absolute Gasteiger partial charge is 0.320 e. The molecule has 2 aromatic carbocycles. The summed E-state index contributed by atoms with van der Waals surface area (Å²) in [4.78, 5) is 17.2. The Morgan fingerprint density at radius 3 is 2.54 bits per heavy atom. The molecule has 2 amide bonds. The fourth-order valence-corrected chi connectivity index (χ4v) is 4.13. The molecule has 3 fully saturated rings. The van der Waals surface area contributed by atoms with Crippen molar-refractivity contribution in [3.63, 3.8) is 0 Å². The standard InChI is InChI=1S/C21H24FN3O/c22-18-7-9-19(10-8-18)23-21(26)25-14-17-6-11-20(25)15-24(13-17)12-16-4-2-1-3-5-16/h1-5,7-10,17,20H,6,11-15H2,(H,23,26)/t17-,20+/m1/s1. The Kier molecular flexibility index (Phi) is 4.89. The van der Waals surface area contributed by atoms with Crippen LogP contribution in [-0.2, 0) is 6.54 Å². The third-order valence-corrected chi connectivity index (χ3v) is 5.39. The predicted molar refractivity (Wildman–Crippen MR) is 100 cm³/mol. The van der Waals surface area contributed by atoms with E-state index >= 15 is 0 Å². The predicted octanol–water partition coefficient (Wildman–Crippen LogP) is 3.95. The molecule has 5 rings (SSSR count). The van der Waals surface area contributed by atoms with Gasteiger partial charge in [-0.2, -0.15) is 0 Å². The number of amides is 2. The summed E-state index contributed by atoms with van der Waals surface area (Å²) < 4.78 is 13.0. The lowest BCUT2D eigenvalue weighted by Gasteiger charge is -2.36. The van der Waals surface area contributed by atoms with E-state index < -0.39 is 0 Å². The van der Waals surface area contributed by atoms with Crippen LogP contribution in [0.25, 0.3) is 0 Å². The van der Waals surface area contributed by atoms with E-state index in [2.05, 4.69) is 34.5 Å². The first kappa shape index (κ1) is 17.0. The monoisotopic (exact) mass is 353 g/mol. The first-order chi connectivity index (χ1) is 12.7. The van der Waals surface area contributed by atoms with Crippen LogP contribution in [0.3, 0.4) is 0 Å². The Morgan fingerprint density at radius 2 is 1.77 bits per heavy atom. The van der Waals surface area contributed by atoms with E-state index in [-0.39, 0.29) is 17.9 Å². The lowest BCUT2D eigenvalue weighted by Crippen LogP contribution is -2.49. The molecule has 3 heterocycles. The van der Waals surface area contributed by atoms with Gasteiger partial charge in [-0.05, 0) is 48.6 Å². The van der Waals surface area contributed by atoms with E-state index in [0.717, 1.165) is 32.6 Å². The van der Waals surface area contributed by atoms with Gasteiger partial charge in [0.2, 0.25) is 0 Å². The number of rotatable bonds is 3. The number of hydrogen-bond acceptors (Lipinski definition) is 2. The fraction of sp³-hybridized carbons (Fsp3) is 0.381. The van der Waals surface area contributed by atoms with Gasteiger partial charge >= 0.3 is 6.03 Å². The van der Waals surface area contributed by atoms with Crippen molar-refractivity contribution < 1.29 is 9.18 Å². The second kappa shape index (κ2) is 7.46. The number of nitrogens with one attached hydrogen (secondary N) is 1. The van der Waals surface area contributed by atoms with Crippen molar-refractivity contribution in [3.8, 4) is 0 Å². The topological polar surface area (TPSA) is 35.6 Å². The second-order valence-electron chi connectivity index (χ2n) is 7.37. The van der Waals surface area contributed by atoms with Crippen molar-refractivity contribution >= 4 is 11.7 Å². The number of urea groups is 1. The van der Waals surface area contributed by atoms with Gasteiger partial charge in [0.1, 0.15) is 5.82 Å². The zero-order valence-corrected chi connectivity index (χ0v) is 14.8. The van der Waals surface area contributed by atoms with E-state index in [1.807, 2.05) is 11.0 Å². The summed E-state index contributed by atoms with van der Waals surface area (Å²) >= 11 is 0. The van der Waals surface area contributed by atoms with Crippen molar-refractivity contribution in [3.05, 3.63) is 66.0 Å². The lowest BCUT2D eigenvalue weighted by atomic mass is 9.95. The number of carbonyl (C=O) groups is 1. The number of anilines is 1. The molecule has 0 aromatic heterocycles. The third kappa shape index (κ3) is 3.88. The van der Waals surface area contributed by atoms with Gasteiger partial charge < -0.3 is 10.2 Å². The number of carbonyl (C=O) groups excluding carboxylic acids is 1. The molecule has 0 unspecified atom stereocenters. The van der Waals surface area contributed by atoms with Gasteiger partial charge in [-0.1, -0.05) is 30.3 Å². The van der Waals surface area contributed by atoms with Crippen LogP contribution in [0.15, 0.2) is 54.6 Å². The maximum absolute atomic E-state index is 13.0. The Labute approximate surface area is 153 Å². The molecule has 3 saturated heterocycles. The van der Waals surface area contributed by atoms with E-state index in [9.17, 15) is 9.18 Å². The summed E-state index contributed by atoms with van der Waals surface area (Å²) in [5.74, 6) is 0.213. The number of nitrogens with zero attached hydrogens (tertiary/aromatic N) is 2. The molecule has 2 bridgehead atoms. The summed E-state index contributed by atoms with van der Waals surface area (Å²) in [6.45, 7) is 3.66. The zero-order chi connectivity index (χ0) is 17.9. The number of benzene rings is 2. The summed E-state index contributed by atoms with van der Waals surface area (Å²) in [6, 6.07) is 16.6. The summed E-state index contributed by atoms with van der Waals surface area (Å²) in [6.07, 6.45) is 2.23. The van der Waals surface area contributed by atoms with E-state index in [1.165, 1.54) is 24.1 Å². The van der Waals surface area contributed by atoms with Crippen LogP contribution >= 0.6 is 0 Å². The van der Waals surface area contributed by atoms with Crippen molar-refractivity contribution in [1.29, 1.82) is 0 Å². The molecule has 1 N–H and O–H groups in total. The van der Waals surface area contributed by atoms with Gasteiger partial charge in [0.15, 0.2) is 0 Å². The lowest BCUT2D eigenvalue weighted by molar-refractivity contribution is 0.151. The molecule has 0 aliphatic carbocycles. The van der Waals surface area contributed by atoms with Gasteiger partial charge in [0.05, 0.1) is 0 Å². The summed E-state index contributed by atoms with van der Waals surface area (Å²) in [5, 5.41) is 2.92. The van der Waals surface area contributed by atoms with Gasteiger partial charge in [-0.15, -0.1) is 0 Å². The molecule has 2 atom stereocenters. The molecule has 5 heteroatoms. The molecule has 3 aliphatic rings. The molecule has 4 nitrogen and oxygen atoms in total. The minimum Gasteiger partial charge on any atom is -0.320 e. The number of halogens is 1. The quantitative estimate of drug-likeness (QED) is 0.907. The molecule has 3 aliphatic heterocycles. The highest BCUT2D eigenvalue weighted by molar-refractivity contribution is 5.89. The van der Waals surface area contributed by atoms with Gasteiger partial charge in [-0.25, -0.2) is 9.18 Å². The third-order valence-electron chi connectivity index (χ3n) is 5.39. The average Bonchev–Trinajstić information content (AvgIpc) is 2.95. The van der Waals surface area contributed by atoms with Crippen LogP contribution < -0.4 is 5.32 Å². The first-order valence-electron chi connectivity index (χ1n) is 9.27. The maximum atomic E-state index is 13.0. The molecule has 136 valence electrons. The van der Waals surface area contributed by atoms with Crippen LogP contribution in [0, 0.1) is 11.7 Å². The number of hydrogen-bond donors (Lipinski definition) is 1. The highest BCUT2D eigenvalue weighted by Gasteiger charge is 2.37. The Bertz CT molecular complexity index is 750. The fourth-order valence-electron chi connectivity index (χ4n) is 4.13. The van der Waals surface area contributed by atoms with Gasteiger partial charge in [0, 0.05) is 37.9 Å². The van der Waals surface area contributed by atoms with Gasteiger partial charge in [-0.3, -0.25) is 4.90 Å².